The molecule has 1 atom stereocenters. The van der Waals surface area contributed by atoms with Crippen molar-refractivity contribution in [2.24, 2.45) is 0 Å². The van der Waals surface area contributed by atoms with Gasteiger partial charge in [-0.1, -0.05) is 18.1 Å². The van der Waals surface area contributed by atoms with Gasteiger partial charge in [-0.2, -0.15) is 4.98 Å². The number of rotatable bonds is 4. The van der Waals surface area contributed by atoms with Crippen LogP contribution in [0.2, 0.25) is 0 Å². The Labute approximate surface area is 138 Å². The second kappa shape index (κ2) is 5.86. The third kappa shape index (κ3) is 2.57. The zero-order valence-corrected chi connectivity index (χ0v) is 14.0. The topological polar surface area (TPSA) is 72.9 Å². The van der Waals surface area contributed by atoms with Gasteiger partial charge in [0.15, 0.2) is 0 Å². The Bertz CT molecular complexity index is 793. The van der Waals surface area contributed by atoms with E-state index in [1.54, 1.807) is 11.3 Å². The van der Waals surface area contributed by atoms with Crippen LogP contribution in [0.1, 0.15) is 37.4 Å². The van der Waals surface area contributed by atoms with Crippen LogP contribution in [-0.4, -0.2) is 36.3 Å². The Morgan fingerprint density at radius 2 is 2.26 bits per heavy atom. The van der Waals surface area contributed by atoms with Crippen LogP contribution in [0, 0.1) is 0 Å². The van der Waals surface area contributed by atoms with Crippen molar-refractivity contribution in [2.75, 3.05) is 6.54 Å². The molecule has 0 aromatic carbocycles. The van der Waals surface area contributed by atoms with Gasteiger partial charge in [-0.05, 0) is 18.4 Å². The zero-order chi connectivity index (χ0) is 15.8. The summed E-state index contributed by atoms with van der Waals surface area (Å²) in [6.07, 6.45) is 0.913. The number of aromatic nitrogens is 5. The van der Waals surface area contributed by atoms with Crippen LogP contribution in [0.25, 0.3) is 10.7 Å². The summed E-state index contributed by atoms with van der Waals surface area (Å²) in [7, 11) is 0. The van der Waals surface area contributed by atoms with Crippen LogP contribution in [-0.2, 0) is 19.5 Å². The summed E-state index contributed by atoms with van der Waals surface area (Å²) in [5.41, 5.74) is 0. The molecule has 0 fully saturated rings. The summed E-state index contributed by atoms with van der Waals surface area (Å²) in [5, 5.41) is 14.7. The molecule has 4 rings (SSSR count). The lowest BCUT2D eigenvalue weighted by molar-refractivity contribution is 0.135. The van der Waals surface area contributed by atoms with E-state index in [9.17, 15) is 0 Å². The molecule has 0 radical (unpaired) electrons. The summed E-state index contributed by atoms with van der Waals surface area (Å²) < 4.78 is 7.70. The van der Waals surface area contributed by atoms with Crippen LogP contribution < -0.4 is 0 Å². The van der Waals surface area contributed by atoms with E-state index < -0.39 is 0 Å². The fraction of sp³-hybridized carbons (Fsp3) is 0.467. The Morgan fingerprint density at radius 1 is 1.35 bits per heavy atom. The minimum absolute atomic E-state index is 0.0618. The number of thiophene rings is 1. The number of hydrogen-bond donors (Lipinski definition) is 0. The molecule has 0 aliphatic carbocycles. The van der Waals surface area contributed by atoms with Crippen LogP contribution >= 0.6 is 11.3 Å². The van der Waals surface area contributed by atoms with E-state index in [0.29, 0.717) is 11.7 Å². The predicted molar refractivity (Wildman–Crippen MR) is 85.8 cm³/mol. The molecular weight excluding hydrogens is 312 g/mol. The molecule has 0 saturated carbocycles. The summed E-state index contributed by atoms with van der Waals surface area (Å²) in [6, 6.07) is 4.05. The fourth-order valence-electron chi connectivity index (χ4n) is 2.90. The largest absolute Gasteiger partial charge is 0.337 e. The molecule has 1 unspecified atom stereocenters. The van der Waals surface area contributed by atoms with Gasteiger partial charge in [0, 0.05) is 19.5 Å². The highest BCUT2D eigenvalue weighted by Gasteiger charge is 2.28. The third-order valence-electron chi connectivity index (χ3n) is 4.26. The number of aryl methyl sites for hydroxylation is 1. The lowest BCUT2D eigenvalue weighted by atomic mass is 10.2. The van der Waals surface area contributed by atoms with Gasteiger partial charge in [0.05, 0.1) is 17.5 Å². The first kappa shape index (κ1) is 14.5. The molecule has 23 heavy (non-hydrogen) atoms. The Balaban J connectivity index is 1.52. The van der Waals surface area contributed by atoms with Gasteiger partial charge in [-0.3, -0.25) is 4.90 Å². The molecule has 0 amide bonds. The standard InChI is InChI=1S/C15H18N6OS/c1-3-12-17-18-13-9-20(6-7-21(12)13)10(2)15-16-14(19-22-15)11-5-4-8-23-11/h4-5,8,10H,3,6-7,9H2,1-2H3. The highest BCUT2D eigenvalue weighted by molar-refractivity contribution is 7.13. The van der Waals surface area contributed by atoms with E-state index in [-0.39, 0.29) is 6.04 Å². The molecule has 1 aliphatic heterocycles. The molecule has 7 nitrogen and oxygen atoms in total. The van der Waals surface area contributed by atoms with Crippen molar-refractivity contribution in [1.29, 1.82) is 0 Å². The molecule has 4 heterocycles. The first-order valence-electron chi connectivity index (χ1n) is 7.78. The van der Waals surface area contributed by atoms with Crippen LogP contribution in [0.4, 0.5) is 0 Å². The minimum atomic E-state index is 0.0618. The Hall–Kier alpha value is -2.06. The maximum Gasteiger partial charge on any atom is 0.244 e. The minimum Gasteiger partial charge on any atom is -0.337 e. The summed E-state index contributed by atoms with van der Waals surface area (Å²) in [4.78, 5) is 7.88. The first-order valence-corrected chi connectivity index (χ1v) is 8.66. The van der Waals surface area contributed by atoms with Crippen molar-refractivity contribution in [3.8, 4) is 10.7 Å². The van der Waals surface area contributed by atoms with Crippen LogP contribution in [0.3, 0.4) is 0 Å². The number of nitrogens with zero attached hydrogens (tertiary/aromatic N) is 6. The Kier molecular flexibility index (Phi) is 3.70. The lowest BCUT2D eigenvalue weighted by Gasteiger charge is -2.30. The van der Waals surface area contributed by atoms with E-state index >= 15 is 0 Å². The van der Waals surface area contributed by atoms with Crippen LogP contribution in [0.5, 0.6) is 0 Å². The van der Waals surface area contributed by atoms with E-state index in [1.807, 2.05) is 17.5 Å². The molecule has 0 saturated heterocycles. The molecule has 3 aromatic rings. The molecule has 1 aliphatic rings. The average molecular weight is 330 g/mol. The fourth-order valence-corrected chi connectivity index (χ4v) is 3.54. The van der Waals surface area contributed by atoms with E-state index in [0.717, 1.165) is 42.6 Å². The van der Waals surface area contributed by atoms with Crippen molar-refractivity contribution in [1.82, 2.24) is 29.8 Å². The molecule has 0 N–H and O–H groups in total. The SMILES string of the molecule is CCc1nnc2n1CCN(C(C)c1nc(-c3cccs3)no1)C2. The third-order valence-corrected chi connectivity index (χ3v) is 5.13. The van der Waals surface area contributed by atoms with Gasteiger partial charge in [0.2, 0.25) is 11.7 Å². The Morgan fingerprint density at radius 3 is 3.04 bits per heavy atom. The molecule has 3 aromatic heterocycles. The maximum absolute atomic E-state index is 5.48. The van der Waals surface area contributed by atoms with Crippen molar-refractivity contribution < 1.29 is 4.52 Å². The smallest absolute Gasteiger partial charge is 0.244 e. The van der Waals surface area contributed by atoms with E-state index in [2.05, 4.69) is 43.7 Å². The molecule has 8 heteroatoms. The molecule has 120 valence electrons. The predicted octanol–water partition coefficient (Wildman–Crippen LogP) is 2.53. The zero-order valence-electron chi connectivity index (χ0n) is 13.1. The summed E-state index contributed by atoms with van der Waals surface area (Å²) >= 11 is 1.61. The highest BCUT2D eigenvalue weighted by Crippen LogP contribution is 2.27. The maximum atomic E-state index is 5.48. The van der Waals surface area contributed by atoms with Gasteiger partial charge in [-0.25, -0.2) is 0 Å². The second-order valence-corrected chi connectivity index (χ2v) is 6.57. The van der Waals surface area contributed by atoms with Gasteiger partial charge < -0.3 is 9.09 Å². The summed E-state index contributed by atoms with van der Waals surface area (Å²) in [6.45, 7) is 6.79. The quantitative estimate of drug-likeness (QED) is 0.732. The van der Waals surface area contributed by atoms with Crippen LogP contribution in [0.15, 0.2) is 22.0 Å². The number of hydrogen-bond acceptors (Lipinski definition) is 7. The van der Waals surface area contributed by atoms with Crippen molar-refractivity contribution in [3.05, 3.63) is 35.1 Å². The summed E-state index contributed by atoms with van der Waals surface area (Å²) in [5.74, 6) is 3.38. The average Bonchev–Trinajstić information content (AvgIpc) is 3.31. The van der Waals surface area contributed by atoms with Gasteiger partial charge in [0.1, 0.15) is 11.6 Å². The molecule has 0 bridgehead atoms. The highest BCUT2D eigenvalue weighted by atomic mass is 32.1. The van der Waals surface area contributed by atoms with Gasteiger partial charge in [-0.15, -0.1) is 21.5 Å². The van der Waals surface area contributed by atoms with E-state index in [1.165, 1.54) is 0 Å². The van der Waals surface area contributed by atoms with E-state index in [4.69, 9.17) is 4.52 Å². The lowest BCUT2D eigenvalue weighted by Crippen LogP contribution is -2.36. The van der Waals surface area contributed by atoms with Crippen molar-refractivity contribution in [3.63, 3.8) is 0 Å². The normalized spacial score (nSPS) is 16.4. The monoisotopic (exact) mass is 330 g/mol. The first-order chi connectivity index (χ1) is 11.3. The molecular formula is C15H18N6OS. The van der Waals surface area contributed by atoms with Crippen molar-refractivity contribution >= 4 is 11.3 Å². The molecule has 0 spiro atoms. The van der Waals surface area contributed by atoms with Gasteiger partial charge >= 0.3 is 0 Å². The van der Waals surface area contributed by atoms with Crippen molar-refractivity contribution in [2.45, 2.75) is 39.4 Å². The number of fused-ring (bicyclic) bond motifs is 1. The van der Waals surface area contributed by atoms with Gasteiger partial charge in [0.25, 0.3) is 0 Å². The second-order valence-electron chi connectivity index (χ2n) is 5.62.